The molecule has 0 saturated heterocycles. The Morgan fingerprint density at radius 3 is 2.53 bits per heavy atom. The van der Waals surface area contributed by atoms with Crippen LogP contribution in [0.15, 0.2) is 18.6 Å². The van der Waals surface area contributed by atoms with E-state index in [1.807, 2.05) is 24.7 Å². The number of nitrogens with one attached hydrogen (secondary N) is 1. The van der Waals surface area contributed by atoms with Crippen molar-refractivity contribution in [2.45, 2.75) is 33.2 Å². The summed E-state index contributed by atoms with van der Waals surface area (Å²) in [5, 5.41) is 7.30. The van der Waals surface area contributed by atoms with Crippen molar-refractivity contribution in [2.75, 3.05) is 12.4 Å². The van der Waals surface area contributed by atoms with Gasteiger partial charge >= 0.3 is 0 Å². The van der Waals surface area contributed by atoms with Crippen LogP contribution in [0.3, 0.4) is 0 Å². The summed E-state index contributed by atoms with van der Waals surface area (Å²) in [4.78, 5) is 4.21. The number of hydrogen-bond acceptors (Lipinski definition) is 4. The number of nitrogens with two attached hydrogens (primary N) is 1. The van der Waals surface area contributed by atoms with Crippen molar-refractivity contribution in [1.82, 2.24) is 19.3 Å². The molecular weight excluding hydrogens is 240 g/mol. The van der Waals surface area contributed by atoms with Gasteiger partial charge in [-0.05, 0) is 0 Å². The van der Waals surface area contributed by atoms with Crippen LogP contribution in [0.1, 0.15) is 32.4 Å². The Morgan fingerprint density at radius 1 is 1.32 bits per heavy atom. The van der Waals surface area contributed by atoms with Crippen molar-refractivity contribution >= 4 is 5.82 Å². The zero-order valence-corrected chi connectivity index (χ0v) is 12.2. The van der Waals surface area contributed by atoms with Crippen molar-refractivity contribution < 1.29 is 0 Å². The number of unbranched alkanes of at least 4 members (excludes halogenated alkanes) is 1. The molecule has 0 aliphatic rings. The molecule has 0 atom stereocenters. The highest BCUT2D eigenvalue weighted by atomic mass is 15.4. The summed E-state index contributed by atoms with van der Waals surface area (Å²) in [6.07, 6.45) is 6.11. The molecule has 2 aromatic rings. The molecule has 6 heteroatoms. The van der Waals surface area contributed by atoms with E-state index in [0.717, 1.165) is 17.3 Å². The minimum Gasteiger partial charge on any atom is -0.373 e. The molecule has 2 rings (SSSR count). The number of hydrogen-bond donors (Lipinski definition) is 2. The second-order valence-corrected chi connectivity index (χ2v) is 4.21. The Morgan fingerprint density at radius 2 is 2.00 bits per heavy atom. The molecule has 0 aromatic carbocycles. The van der Waals surface area contributed by atoms with Crippen molar-refractivity contribution in [3.63, 3.8) is 0 Å². The van der Waals surface area contributed by atoms with Gasteiger partial charge < -0.3 is 15.6 Å². The van der Waals surface area contributed by atoms with Crippen LogP contribution >= 0.6 is 0 Å². The fourth-order valence-corrected chi connectivity index (χ4v) is 1.55. The monoisotopic (exact) mass is 264 g/mol. The van der Waals surface area contributed by atoms with Crippen LogP contribution in [-0.4, -0.2) is 26.4 Å². The summed E-state index contributed by atoms with van der Waals surface area (Å²) in [7, 11) is 3.77. The van der Waals surface area contributed by atoms with Crippen molar-refractivity contribution in [2.24, 2.45) is 12.8 Å². The first-order chi connectivity index (χ1) is 9.19. The number of aryl methyl sites for hydroxylation is 1. The number of anilines is 1. The minimum absolute atomic E-state index is 0.402. The molecule has 2 aromatic heterocycles. The highest BCUT2D eigenvalue weighted by Crippen LogP contribution is 2.16. The number of imidazole rings is 1. The van der Waals surface area contributed by atoms with Crippen molar-refractivity contribution in [3.05, 3.63) is 24.3 Å². The van der Waals surface area contributed by atoms with Gasteiger partial charge in [-0.3, -0.25) is 0 Å². The number of rotatable bonds is 4. The molecule has 0 bridgehead atoms. The second kappa shape index (κ2) is 7.58. The summed E-state index contributed by atoms with van der Waals surface area (Å²) in [6.45, 7) is 4.76. The van der Waals surface area contributed by atoms with Crippen LogP contribution in [0.5, 0.6) is 0 Å². The number of nitrogens with zero attached hydrogens (tertiary/aromatic N) is 4. The number of aromatic nitrogens is 4. The lowest BCUT2D eigenvalue weighted by atomic mass is 10.4. The zero-order valence-electron chi connectivity index (χ0n) is 12.2. The molecule has 0 spiro atoms. The zero-order chi connectivity index (χ0) is 14.3. The van der Waals surface area contributed by atoms with Gasteiger partial charge in [0.2, 0.25) is 0 Å². The van der Waals surface area contributed by atoms with Gasteiger partial charge in [-0.25, -0.2) is 4.98 Å². The maximum absolute atomic E-state index is 5.62. The minimum atomic E-state index is 0.402. The Labute approximate surface area is 114 Å². The quantitative estimate of drug-likeness (QED) is 0.884. The van der Waals surface area contributed by atoms with E-state index in [-0.39, 0.29) is 0 Å². The molecule has 0 aliphatic heterocycles. The summed E-state index contributed by atoms with van der Waals surface area (Å²) in [5.74, 6) is 1.81. The van der Waals surface area contributed by atoms with Gasteiger partial charge in [-0.2, -0.15) is 9.78 Å². The predicted molar refractivity (Wildman–Crippen MR) is 78.4 cm³/mol. The molecule has 106 valence electrons. The third kappa shape index (κ3) is 3.57. The Bertz CT molecular complexity index is 483. The molecule has 2 heterocycles. The van der Waals surface area contributed by atoms with Gasteiger partial charge in [0.15, 0.2) is 5.82 Å². The molecule has 0 aliphatic carbocycles. The summed E-state index contributed by atoms with van der Waals surface area (Å²) >= 11 is 0. The second-order valence-electron chi connectivity index (χ2n) is 4.21. The molecule has 3 N–H and O–H groups in total. The van der Waals surface area contributed by atoms with Crippen LogP contribution < -0.4 is 11.1 Å². The van der Waals surface area contributed by atoms with Crippen molar-refractivity contribution in [1.29, 1.82) is 0 Å². The van der Waals surface area contributed by atoms with Crippen LogP contribution in [0.2, 0.25) is 0 Å². The van der Waals surface area contributed by atoms with Gasteiger partial charge in [0.25, 0.3) is 0 Å². The maximum atomic E-state index is 5.62. The fraction of sp³-hybridized carbons (Fsp3) is 0.538. The van der Waals surface area contributed by atoms with Crippen LogP contribution in [0.4, 0.5) is 5.82 Å². The first kappa shape index (κ1) is 15.2. The standard InChI is InChI=1S/C9H14N6.C4H10/c1-11-8-3-4-13-15(8)9-7(5-10)12-6-14(9)2;1-3-4-2/h3-4,6,11H,5,10H2,1-2H3;3-4H2,1-2H3. The predicted octanol–water partition coefficient (Wildman–Crippen LogP) is 1.91. The first-order valence-electron chi connectivity index (χ1n) is 6.61. The molecule has 0 saturated carbocycles. The molecule has 0 fully saturated rings. The average molecular weight is 264 g/mol. The van der Waals surface area contributed by atoms with Crippen LogP contribution in [0.25, 0.3) is 5.82 Å². The van der Waals surface area contributed by atoms with Gasteiger partial charge in [0.1, 0.15) is 5.82 Å². The van der Waals surface area contributed by atoms with Gasteiger partial charge in [0, 0.05) is 26.7 Å². The molecule has 0 radical (unpaired) electrons. The van der Waals surface area contributed by atoms with E-state index in [2.05, 4.69) is 29.2 Å². The lowest BCUT2D eigenvalue weighted by Crippen LogP contribution is -2.10. The third-order valence-corrected chi connectivity index (χ3v) is 2.77. The largest absolute Gasteiger partial charge is 0.373 e. The normalized spacial score (nSPS) is 9.95. The van der Waals surface area contributed by atoms with E-state index in [1.54, 1.807) is 17.2 Å². The highest BCUT2D eigenvalue weighted by molar-refractivity contribution is 5.43. The van der Waals surface area contributed by atoms with E-state index in [0.29, 0.717) is 6.54 Å². The van der Waals surface area contributed by atoms with E-state index in [4.69, 9.17) is 5.73 Å². The summed E-state index contributed by atoms with van der Waals surface area (Å²) in [6, 6.07) is 1.90. The van der Waals surface area contributed by atoms with Crippen molar-refractivity contribution in [3.8, 4) is 5.82 Å². The topological polar surface area (TPSA) is 73.7 Å². The lowest BCUT2D eigenvalue weighted by molar-refractivity contribution is 0.766. The maximum Gasteiger partial charge on any atom is 0.160 e. The Balaban J connectivity index is 0.000000399. The van der Waals surface area contributed by atoms with E-state index in [9.17, 15) is 0 Å². The van der Waals surface area contributed by atoms with E-state index >= 15 is 0 Å². The summed E-state index contributed by atoms with van der Waals surface area (Å²) in [5.41, 5.74) is 6.46. The van der Waals surface area contributed by atoms with E-state index in [1.165, 1.54) is 12.8 Å². The van der Waals surface area contributed by atoms with Crippen LogP contribution in [-0.2, 0) is 13.6 Å². The molecule has 19 heavy (non-hydrogen) atoms. The molecule has 0 unspecified atom stereocenters. The fourth-order valence-electron chi connectivity index (χ4n) is 1.55. The molecule has 0 amide bonds. The molecule has 6 nitrogen and oxygen atoms in total. The first-order valence-corrected chi connectivity index (χ1v) is 6.61. The molecular formula is C13H24N6. The van der Waals surface area contributed by atoms with Gasteiger partial charge in [0.05, 0.1) is 18.2 Å². The highest BCUT2D eigenvalue weighted by Gasteiger charge is 2.12. The van der Waals surface area contributed by atoms with Gasteiger partial charge in [-0.1, -0.05) is 26.7 Å². The van der Waals surface area contributed by atoms with E-state index < -0.39 is 0 Å². The smallest absolute Gasteiger partial charge is 0.160 e. The Hall–Kier alpha value is -1.82. The lowest BCUT2D eigenvalue weighted by Gasteiger charge is -2.08. The average Bonchev–Trinajstić information content (AvgIpc) is 3.04. The van der Waals surface area contributed by atoms with Crippen LogP contribution in [0, 0.1) is 0 Å². The van der Waals surface area contributed by atoms with Gasteiger partial charge in [-0.15, -0.1) is 0 Å². The summed E-state index contributed by atoms with van der Waals surface area (Å²) < 4.78 is 3.69. The third-order valence-electron chi connectivity index (χ3n) is 2.77. The Kier molecular flexibility index (Phi) is 6.08. The SMILES string of the molecule is CCCC.CNc1ccnn1-c1c(CN)ncn1C.